The minimum atomic E-state index is -0.299. The van der Waals surface area contributed by atoms with Gasteiger partial charge in [-0.25, -0.2) is 0 Å². The van der Waals surface area contributed by atoms with Crippen LogP contribution in [-0.4, -0.2) is 15.9 Å². The van der Waals surface area contributed by atoms with E-state index in [0.29, 0.717) is 12.1 Å². The normalized spacial score (nSPS) is 31.5. The van der Waals surface area contributed by atoms with Gasteiger partial charge in [0.05, 0.1) is 4.92 Å². The maximum atomic E-state index is 11.1. The number of aromatic amines is 1. The number of nitro benzene ring substituents is 1. The summed E-state index contributed by atoms with van der Waals surface area (Å²) in [4.78, 5) is 14.4. The van der Waals surface area contributed by atoms with Gasteiger partial charge in [0.1, 0.15) is 0 Å². The molecule has 0 saturated heterocycles. The van der Waals surface area contributed by atoms with Crippen LogP contribution in [0.3, 0.4) is 0 Å². The lowest BCUT2D eigenvalue weighted by Crippen LogP contribution is -2.38. The van der Waals surface area contributed by atoms with Gasteiger partial charge in [-0.2, -0.15) is 0 Å². The van der Waals surface area contributed by atoms with Gasteiger partial charge in [0, 0.05) is 40.8 Å². The van der Waals surface area contributed by atoms with E-state index in [2.05, 4.69) is 10.3 Å². The summed E-state index contributed by atoms with van der Waals surface area (Å²) in [6.07, 6.45) is 8.90. The summed E-state index contributed by atoms with van der Waals surface area (Å²) in [7, 11) is 0. The highest BCUT2D eigenvalue weighted by Gasteiger charge is 2.40. The van der Waals surface area contributed by atoms with Gasteiger partial charge in [0.15, 0.2) is 0 Å². The largest absolute Gasteiger partial charge is 0.357 e. The fraction of sp³-hybridized carbons (Fsp3) is 0.579. The third-order valence-electron chi connectivity index (χ3n) is 6.55. The maximum absolute atomic E-state index is 11.1. The number of benzene rings is 1. The molecule has 0 spiro atoms. The predicted molar refractivity (Wildman–Crippen MR) is 93.0 cm³/mol. The van der Waals surface area contributed by atoms with Gasteiger partial charge in [-0.3, -0.25) is 10.1 Å². The van der Waals surface area contributed by atoms with Gasteiger partial charge < -0.3 is 10.3 Å². The highest BCUT2D eigenvalue weighted by atomic mass is 16.6. The zero-order valence-electron chi connectivity index (χ0n) is 13.8. The highest BCUT2D eigenvalue weighted by Crippen LogP contribution is 2.46. The quantitative estimate of drug-likeness (QED) is 0.655. The summed E-state index contributed by atoms with van der Waals surface area (Å²) in [6.45, 7) is 0. The van der Waals surface area contributed by atoms with E-state index >= 15 is 0 Å². The first-order chi connectivity index (χ1) is 11.7. The van der Waals surface area contributed by atoms with Crippen LogP contribution in [0.15, 0.2) is 18.2 Å². The number of H-pyrrole nitrogens is 1. The number of fused-ring (bicyclic) bond motifs is 5. The van der Waals surface area contributed by atoms with Crippen molar-refractivity contribution in [2.24, 2.45) is 11.8 Å². The SMILES string of the molecule is O=[N+]([O-])c1ccc2[nH]c3c(c2c1)CCC[C@@H]3N[C@H]1C[C@H]2CC[C@H]1C2. The Morgan fingerprint density at radius 3 is 2.88 bits per heavy atom. The number of nitrogens with zero attached hydrogens (tertiary/aromatic N) is 1. The molecule has 2 N–H and O–H groups in total. The molecular weight excluding hydrogens is 302 g/mol. The van der Waals surface area contributed by atoms with Crippen LogP contribution >= 0.6 is 0 Å². The van der Waals surface area contributed by atoms with Crippen molar-refractivity contribution < 1.29 is 4.92 Å². The van der Waals surface area contributed by atoms with E-state index in [9.17, 15) is 10.1 Å². The molecule has 2 aromatic rings. The van der Waals surface area contributed by atoms with E-state index in [1.807, 2.05) is 6.07 Å². The zero-order valence-corrected chi connectivity index (χ0v) is 13.8. The van der Waals surface area contributed by atoms with E-state index in [1.165, 1.54) is 36.9 Å². The Hall–Kier alpha value is -1.88. The molecule has 1 heterocycles. The van der Waals surface area contributed by atoms with Gasteiger partial charge in [0.2, 0.25) is 0 Å². The first-order valence-electron chi connectivity index (χ1n) is 9.24. The average Bonchev–Trinajstić information content (AvgIpc) is 3.28. The Morgan fingerprint density at radius 2 is 2.12 bits per heavy atom. The summed E-state index contributed by atoms with van der Waals surface area (Å²) >= 11 is 0. The smallest absolute Gasteiger partial charge is 0.270 e. The number of hydrogen-bond acceptors (Lipinski definition) is 3. The van der Waals surface area contributed by atoms with Crippen LogP contribution in [0.1, 0.15) is 55.8 Å². The first kappa shape index (κ1) is 14.5. The van der Waals surface area contributed by atoms with Crippen molar-refractivity contribution >= 4 is 16.6 Å². The molecule has 2 bridgehead atoms. The van der Waals surface area contributed by atoms with E-state index in [-0.39, 0.29) is 10.6 Å². The molecule has 4 atom stereocenters. The molecule has 5 nitrogen and oxygen atoms in total. The molecule has 0 amide bonds. The van der Waals surface area contributed by atoms with Crippen LogP contribution in [0.4, 0.5) is 5.69 Å². The van der Waals surface area contributed by atoms with Gasteiger partial charge in [0.25, 0.3) is 5.69 Å². The van der Waals surface area contributed by atoms with Crippen molar-refractivity contribution in [2.75, 3.05) is 0 Å². The topological polar surface area (TPSA) is 71.0 Å². The van der Waals surface area contributed by atoms with Gasteiger partial charge in [-0.15, -0.1) is 0 Å². The van der Waals surface area contributed by atoms with Crippen LogP contribution in [0.5, 0.6) is 0 Å². The third-order valence-corrected chi connectivity index (χ3v) is 6.55. The number of aryl methyl sites for hydroxylation is 1. The standard InChI is InChI=1S/C19H23N3O2/c23-22(24)13-6-7-16-15(10-13)14-2-1-3-17(19(14)21-16)20-18-9-11-4-5-12(18)8-11/h6-7,10-12,17-18,20-21H,1-5,8-9H2/t11-,12-,17-,18-/m0/s1. The monoisotopic (exact) mass is 325 g/mol. The lowest BCUT2D eigenvalue weighted by atomic mass is 9.89. The molecule has 2 fully saturated rings. The molecule has 126 valence electrons. The minimum absolute atomic E-state index is 0.187. The summed E-state index contributed by atoms with van der Waals surface area (Å²) in [6, 6.07) is 6.25. The third kappa shape index (κ3) is 2.18. The second-order valence-corrected chi connectivity index (χ2v) is 7.90. The van der Waals surface area contributed by atoms with Crippen molar-refractivity contribution in [3.05, 3.63) is 39.6 Å². The fourth-order valence-electron chi connectivity index (χ4n) is 5.44. The number of nitro groups is 1. The Labute approximate surface area is 141 Å². The van der Waals surface area contributed by atoms with Crippen molar-refractivity contribution in [3.8, 4) is 0 Å². The van der Waals surface area contributed by atoms with Crippen LogP contribution in [0, 0.1) is 22.0 Å². The lowest BCUT2D eigenvalue weighted by Gasteiger charge is -2.31. The van der Waals surface area contributed by atoms with E-state index in [4.69, 9.17) is 0 Å². The molecule has 2 saturated carbocycles. The first-order valence-corrected chi connectivity index (χ1v) is 9.24. The lowest BCUT2D eigenvalue weighted by molar-refractivity contribution is -0.384. The number of hydrogen-bond donors (Lipinski definition) is 2. The second kappa shape index (κ2) is 5.31. The molecule has 0 aliphatic heterocycles. The van der Waals surface area contributed by atoms with Crippen molar-refractivity contribution in [3.63, 3.8) is 0 Å². The Balaban J connectivity index is 1.48. The molecule has 3 aliphatic carbocycles. The molecule has 5 heteroatoms. The van der Waals surface area contributed by atoms with Crippen LogP contribution < -0.4 is 5.32 Å². The van der Waals surface area contributed by atoms with Gasteiger partial charge in [-0.05, 0) is 62.0 Å². The average molecular weight is 325 g/mol. The molecule has 0 radical (unpaired) electrons. The maximum Gasteiger partial charge on any atom is 0.270 e. The second-order valence-electron chi connectivity index (χ2n) is 7.90. The van der Waals surface area contributed by atoms with Crippen molar-refractivity contribution in [1.82, 2.24) is 10.3 Å². The van der Waals surface area contributed by atoms with E-state index in [1.54, 1.807) is 12.1 Å². The number of aromatic nitrogens is 1. The van der Waals surface area contributed by atoms with Crippen LogP contribution in [0.25, 0.3) is 10.9 Å². The van der Waals surface area contributed by atoms with E-state index < -0.39 is 0 Å². The molecular formula is C19H23N3O2. The fourth-order valence-corrected chi connectivity index (χ4v) is 5.44. The molecule has 3 aliphatic rings. The molecule has 1 aromatic heterocycles. The molecule has 24 heavy (non-hydrogen) atoms. The Kier molecular flexibility index (Phi) is 3.20. The highest BCUT2D eigenvalue weighted by molar-refractivity contribution is 5.87. The summed E-state index contributed by atoms with van der Waals surface area (Å²) < 4.78 is 0. The minimum Gasteiger partial charge on any atom is -0.357 e. The summed E-state index contributed by atoms with van der Waals surface area (Å²) in [5.74, 6) is 1.81. The number of non-ortho nitro benzene ring substituents is 1. The summed E-state index contributed by atoms with van der Waals surface area (Å²) in [5, 5.41) is 16.1. The number of nitrogens with one attached hydrogen (secondary N) is 2. The molecule has 1 aromatic carbocycles. The van der Waals surface area contributed by atoms with Gasteiger partial charge in [-0.1, -0.05) is 6.42 Å². The summed E-state index contributed by atoms with van der Waals surface area (Å²) in [5.41, 5.74) is 3.79. The Bertz CT molecular complexity index is 812. The van der Waals surface area contributed by atoms with Crippen molar-refractivity contribution in [1.29, 1.82) is 0 Å². The zero-order chi connectivity index (χ0) is 16.3. The van der Waals surface area contributed by atoms with Crippen molar-refractivity contribution in [2.45, 2.75) is 57.0 Å². The predicted octanol–water partition coefficient (Wildman–Crippen LogP) is 4.23. The van der Waals surface area contributed by atoms with Gasteiger partial charge >= 0.3 is 0 Å². The Morgan fingerprint density at radius 1 is 1.21 bits per heavy atom. The van der Waals surface area contributed by atoms with Crippen LogP contribution in [0.2, 0.25) is 0 Å². The van der Waals surface area contributed by atoms with Crippen LogP contribution in [-0.2, 0) is 6.42 Å². The molecule has 0 unspecified atom stereocenters. The van der Waals surface area contributed by atoms with E-state index in [0.717, 1.165) is 42.0 Å². The molecule has 5 rings (SSSR count). The number of rotatable bonds is 3.